The van der Waals surface area contributed by atoms with E-state index in [1.807, 2.05) is 13.8 Å². The van der Waals surface area contributed by atoms with Gasteiger partial charge in [-0.25, -0.2) is 4.79 Å². The van der Waals surface area contributed by atoms with Gasteiger partial charge in [-0.3, -0.25) is 0 Å². The molecule has 0 heterocycles. The van der Waals surface area contributed by atoms with Gasteiger partial charge in [0.25, 0.3) is 0 Å². The SMILES string of the molecule is CC(C)CC(N)C(=O)Oc1ccc(Cl)cc1. The Balaban J connectivity index is 2.54. The van der Waals surface area contributed by atoms with E-state index in [1.54, 1.807) is 24.3 Å². The maximum absolute atomic E-state index is 11.6. The fourth-order valence-corrected chi connectivity index (χ4v) is 1.42. The molecule has 0 bridgehead atoms. The van der Waals surface area contributed by atoms with E-state index >= 15 is 0 Å². The molecular formula is C12H16ClNO2. The van der Waals surface area contributed by atoms with Crippen molar-refractivity contribution in [3.63, 3.8) is 0 Å². The van der Waals surface area contributed by atoms with Gasteiger partial charge in [-0.1, -0.05) is 25.4 Å². The summed E-state index contributed by atoms with van der Waals surface area (Å²) < 4.78 is 5.11. The number of carbonyl (C=O) groups excluding carboxylic acids is 1. The monoisotopic (exact) mass is 241 g/mol. The van der Waals surface area contributed by atoms with Gasteiger partial charge >= 0.3 is 5.97 Å². The molecule has 0 fully saturated rings. The molecule has 1 atom stereocenters. The lowest BCUT2D eigenvalue weighted by Crippen LogP contribution is -2.35. The molecule has 0 aliphatic rings. The Morgan fingerprint density at radius 1 is 1.38 bits per heavy atom. The molecule has 0 radical (unpaired) electrons. The summed E-state index contributed by atoms with van der Waals surface area (Å²) in [6.07, 6.45) is 0.617. The van der Waals surface area contributed by atoms with Crippen LogP contribution in [-0.4, -0.2) is 12.0 Å². The zero-order valence-corrected chi connectivity index (χ0v) is 10.2. The molecular weight excluding hydrogens is 226 g/mol. The summed E-state index contributed by atoms with van der Waals surface area (Å²) in [5, 5.41) is 0.603. The molecule has 0 aliphatic carbocycles. The largest absolute Gasteiger partial charge is 0.425 e. The molecule has 0 saturated carbocycles. The zero-order chi connectivity index (χ0) is 12.1. The smallest absolute Gasteiger partial charge is 0.328 e. The molecule has 2 N–H and O–H groups in total. The average molecular weight is 242 g/mol. The van der Waals surface area contributed by atoms with Gasteiger partial charge in [0, 0.05) is 5.02 Å². The van der Waals surface area contributed by atoms with Gasteiger partial charge in [0.15, 0.2) is 0 Å². The number of hydrogen-bond donors (Lipinski definition) is 1. The van der Waals surface area contributed by atoms with Gasteiger partial charge in [0.05, 0.1) is 0 Å². The molecule has 1 aromatic rings. The predicted octanol–water partition coefficient (Wildman–Crippen LogP) is 2.62. The van der Waals surface area contributed by atoms with Crippen molar-refractivity contribution < 1.29 is 9.53 Å². The maximum Gasteiger partial charge on any atom is 0.328 e. The van der Waals surface area contributed by atoms with E-state index in [2.05, 4.69) is 0 Å². The van der Waals surface area contributed by atoms with Crippen molar-refractivity contribution in [2.75, 3.05) is 0 Å². The van der Waals surface area contributed by atoms with E-state index in [0.717, 1.165) is 0 Å². The number of carbonyl (C=O) groups is 1. The number of benzene rings is 1. The Hall–Kier alpha value is -1.06. The summed E-state index contributed by atoms with van der Waals surface area (Å²) in [6, 6.07) is 6.04. The highest BCUT2D eigenvalue weighted by atomic mass is 35.5. The third-order valence-corrected chi connectivity index (χ3v) is 2.31. The second-order valence-electron chi connectivity index (χ2n) is 4.11. The van der Waals surface area contributed by atoms with E-state index in [0.29, 0.717) is 23.1 Å². The van der Waals surface area contributed by atoms with Crippen LogP contribution < -0.4 is 10.5 Å². The highest BCUT2D eigenvalue weighted by Gasteiger charge is 2.17. The quantitative estimate of drug-likeness (QED) is 0.651. The summed E-state index contributed by atoms with van der Waals surface area (Å²) in [5.74, 6) is 0.428. The zero-order valence-electron chi connectivity index (χ0n) is 9.44. The Labute approximate surface area is 101 Å². The molecule has 0 saturated heterocycles. The minimum atomic E-state index is -0.573. The molecule has 0 aliphatic heterocycles. The van der Waals surface area contributed by atoms with Crippen LogP contribution in [0.4, 0.5) is 0 Å². The van der Waals surface area contributed by atoms with E-state index in [4.69, 9.17) is 22.1 Å². The van der Waals surface area contributed by atoms with Gasteiger partial charge in [-0.15, -0.1) is 0 Å². The summed E-state index contributed by atoms with van der Waals surface area (Å²) in [4.78, 5) is 11.6. The van der Waals surface area contributed by atoms with E-state index < -0.39 is 12.0 Å². The molecule has 88 valence electrons. The lowest BCUT2D eigenvalue weighted by atomic mass is 10.1. The van der Waals surface area contributed by atoms with Gasteiger partial charge < -0.3 is 10.5 Å². The number of esters is 1. The number of hydrogen-bond acceptors (Lipinski definition) is 3. The molecule has 0 aromatic heterocycles. The normalized spacial score (nSPS) is 12.6. The Morgan fingerprint density at radius 2 is 1.94 bits per heavy atom. The number of halogens is 1. The van der Waals surface area contributed by atoms with Crippen molar-refractivity contribution in [2.24, 2.45) is 11.7 Å². The minimum absolute atomic E-state index is 0.368. The fraction of sp³-hybridized carbons (Fsp3) is 0.417. The lowest BCUT2D eigenvalue weighted by molar-refractivity contribution is -0.136. The highest BCUT2D eigenvalue weighted by Crippen LogP contribution is 2.16. The first-order valence-electron chi connectivity index (χ1n) is 5.22. The number of rotatable bonds is 4. The fourth-order valence-electron chi connectivity index (χ4n) is 1.30. The highest BCUT2D eigenvalue weighted by molar-refractivity contribution is 6.30. The molecule has 1 rings (SSSR count). The first-order chi connectivity index (χ1) is 7.49. The van der Waals surface area contributed by atoms with Crippen LogP contribution in [0.15, 0.2) is 24.3 Å². The molecule has 4 heteroatoms. The van der Waals surface area contributed by atoms with Gasteiger partial charge in [-0.05, 0) is 36.6 Å². The van der Waals surface area contributed by atoms with Crippen LogP contribution in [0.2, 0.25) is 5.02 Å². The molecule has 1 aromatic carbocycles. The standard InChI is InChI=1S/C12H16ClNO2/c1-8(2)7-11(14)12(15)16-10-5-3-9(13)4-6-10/h3-6,8,11H,7,14H2,1-2H3. The lowest BCUT2D eigenvalue weighted by Gasteiger charge is -2.12. The van der Waals surface area contributed by atoms with Crippen molar-refractivity contribution >= 4 is 17.6 Å². The summed E-state index contributed by atoms with van der Waals surface area (Å²) in [7, 11) is 0. The first kappa shape index (κ1) is 13.0. The molecule has 16 heavy (non-hydrogen) atoms. The molecule has 1 unspecified atom stereocenters. The van der Waals surface area contributed by atoms with Crippen LogP contribution in [0.25, 0.3) is 0 Å². The third-order valence-electron chi connectivity index (χ3n) is 2.06. The van der Waals surface area contributed by atoms with Crippen molar-refractivity contribution in [1.82, 2.24) is 0 Å². The van der Waals surface area contributed by atoms with Crippen molar-refractivity contribution in [2.45, 2.75) is 26.3 Å². The molecule has 3 nitrogen and oxygen atoms in total. The minimum Gasteiger partial charge on any atom is -0.425 e. The summed E-state index contributed by atoms with van der Waals surface area (Å²) in [5.41, 5.74) is 5.70. The first-order valence-corrected chi connectivity index (χ1v) is 5.59. The van der Waals surface area contributed by atoms with Crippen LogP contribution in [0.5, 0.6) is 5.75 Å². The van der Waals surface area contributed by atoms with Gasteiger partial charge in [0.1, 0.15) is 11.8 Å². The van der Waals surface area contributed by atoms with Gasteiger partial charge in [-0.2, -0.15) is 0 Å². The van der Waals surface area contributed by atoms with Crippen molar-refractivity contribution in [1.29, 1.82) is 0 Å². The van der Waals surface area contributed by atoms with Crippen molar-refractivity contribution in [3.05, 3.63) is 29.3 Å². The maximum atomic E-state index is 11.6. The van der Waals surface area contributed by atoms with E-state index in [1.165, 1.54) is 0 Å². The third kappa shape index (κ3) is 4.21. The number of ether oxygens (including phenoxy) is 1. The van der Waals surface area contributed by atoms with Crippen LogP contribution in [0.1, 0.15) is 20.3 Å². The predicted molar refractivity (Wildman–Crippen MR) is 64.5 cm³/mol. The van der Waals surface area contributed by atoms with Crippen LogP contribution in [-0.2, 0) is 4.79 Å². The Kier molecular flexibility index (Phi) is 4.77. The van der Waals surface area contributed by atoms with E-state index in [9.17, 15) is 4.79 Å². The Bertz CT molecular complexity index is 349. The summed E-state index contributed by atoms with van der Waals surface area (Å²) >= 11 is 5.71. The van der Waals surface area contributed by atoms with Crippen LogP contribution in [0.3, 0.4) is 0 Å². The second kappa shape index (κ2) is 5.87. The average Bonchev–Trinajstić information content (AvgIpc) is 2.20. The molecule has 0 amide bonds. The van der Waals surface area contributed by atoms with Crippen molar-refractivity contribution in [3.8, 4) is 5.75 Å². The topological polar surface area (TPSA) is 52.3 Å². The van der Waals surface area contributed by atoms with E-state index in [-0.39, 0.29) is 0 Å². The van der Waals surface area contributed by atoms with Gasteiger partial charge in [0.2, 0.25) is 0 Å². The molecule has 0 spiro atoms. The summed E-state index contributed by atoms with van der Waals surface area (Å²) in [6.45, 7) is 4.02. The number of nitrogens with two attached hydrogens (primary N) is 1. The second-order valence-corrected chi connectivity index (χ2v) is 4.55. The van der Waals surface area contributed by atoms with Crippen LogP contribution >= 0.6 is 11.6 Å². The Morgan fingerprint density at radius 3 is 2.44 bits per heavy atom. The van der Waals surface area contributed by atoms with Crippen LogP contribution in [0, 0.1) is 5.92 Å².